The van der Waals surface area contributed by atoms with Crippen molar-refractivity contribution in [1.29, 1.82) is 0 Å². The van der Waals surface area contributed by atoms with Gasteiger partial charge in [-0.25, -0.2) is 4.98 Å². The average Bonchev–Trinajstić information content (AvgIpc) is 3.20. The molecule has 0 saturated carbocycles. The number of nitrogens with one attached hydrogen (secondary N) is 1. The van der Waals surface area contributed by atoms with Crippen LogP contribution in [0.25, 0.3) is 5.65 Å². The Bertz CT molecular complexity index is 910. The maximum absolute atomic E-state index is 12.4. The van der Waals surface area contributed by atoms with E-state index in [1.165, 1.54) is 11.3 Å². The third-order valence-electron chi connectivity index (χ3n) is 4.44. The number of aryl methyl sites for hydroxylation is 2. The molecular weight excluding hydrogens is 338 g/mol. The first-order valence-electron chi connectivity index (χ1n) is 8.27. The van der Waals surface area contributed by atoms with Gasteiger partial charge in [-0.3, -0.25) is 4.79 Å². The predicted molar refractivity (Wildman–Crippen MR) is 95.9 cm³/mol. The molecule has 4 rings (SSSR count). The van der Waals surface area contributed by atoms with Crippen molar-refractivity contribution in [2.45, 2.75) is 26.7 Å². The standard InChI is InChI=1S/C16H19N7OS/c1-10-9-25-16(17-10)18-15(24)12-5-7-22(8-6-12)14-4-3-13-20-19-11(2)23(13)21-14/h3-4,9,12H,5-8H2,1-2H3,(H,17,18,24). The van der Waals surface area contributed by atoms with Crippen LogP contribution in [0.4, 0.5) is 10.9 Å². The highest BCUT2D eigenvalue weighted by atomic mass is 32.1. The van der Waals surface area contributed by atoms with E-state index in [0.717, 1.165) is 48.9 Å². The van der Waals surface area contributed by atoms with Crippen LogP contribution in [-0.4, -0.2) is 43.8 Å². The lowest BCUT2D eigenvalue weighted by molar-refractivity contribution is -0.120. The number of hydrogen-bond acceptors (Lipinski definition) is 7. The summed E-state index contributed by atoms with van der Waals surface area (Å²) in [4.78, 5) is 18.9. The Hall–Kier alpha value is -2.55. The zero-order valence-electron chi connectivity index (χ0n) is 14.1. The minimum atomic E-state index is 0.0147. The van der Waals surface area contributed by atoms with Crippen LogP contribution < -0.4 is 10.2 Å². The molecule has 0 unspecified atom stereocenters. The summed E-state index contributed by atoms with van der Waals surface area (Å²) < 4.78 is 1.75. The minimum Gasteiger partial charge on any atom is -0.355 e. The number of thiazole rings is 1. The lowest BCUT2D eigenvalue weighted by Crippen LogP contribution is -2.38. The first-order valence-corrected chi connectivity index (χ1v) is 9.15. The lowest BCUT2D eigenvalue weighted by Gasteiger charge is -2.31. The number of anilines is 2. The van der Waals surface area contributed by atoms with Crippen LogP contribution in [0.1, 0.15) is 24.4 Å². The van der Waals surface area contributed by atoms with Gasteiger partial charge in [-0.05, 0) is 38.8 Å². The van der Waals surface area contributed by atoms with Crippen molar-refractivity contribution in [3.63, 3.8) is 0 Å². The number of nitrogens with zero attached hydrogens (tertiary/aromatic N) is 6. The summed E-state index contributed by atoms with van der Waals surface area (Å²) in [6.45, 7) is 5.41. The second-order valence-corrected chi connectivity index (χ2v) is 7.11. The summed E-state index contributed by atoms with van der Waals surface area (Å²) in [5.74, 6) is 1.74. The normalized spacial score (nSPS) is 15.7. The fraction of sp³-hybridized carbons (Fsp3) is 0.438. The largest absolute Gasteiger partial charge is 0.355 e. The zero-order valence-corrected chi connectivity index (χ0v) is 15.0. The maximum Gasteiger partial charge on any atom is 0.229 e. The molecule has 0 atom stereocenters. The monoisotopic (exact) mass is 357 g/mol. The van der Waals surface area contributed by atoms with Crippen molar-refractivity contribution >= 4 is 33.8 Å². The molecule has 25 heavy (non-hydrogen) atoms. The highest BCUT2D eigenvalue weighted by Crippen LogP contribution is 2.24. The first kappa shape index (κ1) is 15.9. The van der Waals surface area contributed by atoms with Crippen LogP contribution in [0, 0.1) is 19.8 Å². The van der Waals surface area contributed by atoms with Gasteiger partial charge in [0.05, 0.1) is 5.69 Å². The minimum absolute atomic E-state index is 0.0147. The molecule has 1 N–H and O–H groups in total. The molecule has 0 spiro atoms. The van der Waals surface area contributed by atoms with Gasteiger partial charge < -0.3 is 10.2 Å². The Labute approximate surface area is 148 Å². The Morgan fingerprint density at radius 2 is 2.04 bits per heavy atom. The number of rotatable bonds is 3. The van der Waals surface area contributed by atoms with E-state index < -0.39 is 0 Å². The molecule has 0 bridgehead atoms. The smallest absolute Gasteiger partial charge is 0.229 e. The molecule has 8 nitrogen and oxygen atoms in total. The summed E-state index contributed by atoms with van der Waals surface area (Å²) in [6.07, 6.45) is 1.61. The number of amides is 1. The molecule has 0 aliphatic carbocycles. The molecule has 3 aromatic heterocycles. The Kier molecular flexibility index (Phi) is 4.08. The van der Waals surface area contributed by atoms with Gasteiger partial charge >= 0.3 is 0 Å². The Morgan fingerprint density at radius 1 is 1.24 bits per heavy atom. The molecule has 9 heteroatoms. The Morgan fingerprint density at radius 3 is 2.76 bits per heavy atom. The molecule has 1 fully saturated rings. The number of carbonyl (C=O) groups excluding carboxylic acids is 1. The molecule has 1 aliphatic rings. The van der Waals surface area contributed by atoms with Crippen LogP contribution in [0.15, 0.2) is 17.5 Å². The van der Waals surface area contributed by atoms with Gasteiger partial charge in [-0.2, -0.15) is 4.52 Å². The molecule has 1 aliphatic heterocycles. The van der Waals surface area contributed by atoms with Crippen molar-refractivity contribution in [2.24, 2.45) is 5.92 Å². The summed E-state index contributed by atoms with van der Waals surface area (Å²) in [5.41, 5.74) is 1.68. The van der Waals surface area contributed by atoms with Gasteiger partial charge in [-0.15, -0.1) is 26.6 Å². The summed E-state index contributed by atoms with van der Waals surface area (Å²) in [7, 11) is 0. The van der Waals surface area contributed by atoms with Crippen molar-refractivity contribution in [3.05, 3.63) is 29.0 Å². The second-order valence-electron chi connectivity index (χ2n) is 6.25. The van der Waals surface area contributed by atoms with Crippen molar-refractivity contribution in [2.75, 3.05) is 23.3 Å². The van der Waals surface area contributed by atoms with Crippen LogP contribution >= 0.6 is 11.3 Å². The highest BCUT2D eigenvalue weighted by molar-refractivity contribution is 7.13. The van der Waals surface area contributed by atoms with E-state index in [2.05, 4.69) is 30.5 Å². The first-order chi connectivity index (χ1) is 12.1. The van der Waals surface area contributed by atoms with Gasteiger partial charge in [0.15, 0.2) is 16.6 Å². The molecule has 3 aromatic rings. The number of carbonyl (C=O) groups is 1. The number of hydrogen-bond donors (Lipinski definition) is 1. The third kappa shape index (κ3) is 3.19. The fourth-order valence-electron chi connectivity index (χ4n) is 3.04. The topological polar surface area (TPSA) is 88.3 Å². The number of aromatic nitrogens is 5. The van der Waals surface area contributed by atoms with E-state index >= 15 is 0 Å². The number of fused-ring (bicyclic) bond motifs is 1. The molecule has 4 heterocycles. The fourth-order valence-corrected chi connectivity index (χ4v) is 3.74. The van der Waals surface area contributed by atoms with Crippen molar-refractivity contribution in [1.82, 2.24) is 24.8 Å². The van der Waals surface area contributed by atoms with E-state index in [-0.39, 0.29) is 11.8 Å². The van der Waals surface area contributed by atoms with Gasteiger partial charge in [0, 0.05) is 24.4 Å². The van der Waals surface area contributed by atoms with Crippen molar-refractivity contribution in [3.8, 4) is 0 Å². The highest BCUT2D eigenvalue weighted by Gasteiger charge is 2.26. The van der Waals surface area contributed by atoms with E-state index in [1.54, 1.807) is 4.52 Å². The SMILES string of the molecule is Cc1csc(NC(=O)C2CCN(c3ccc4nnc(C)n4n3)CC2)n1. The van der Waals surface area contributed by atoms with E-state index in [0.29, 0.717) is 5.13 Å². The van der Waals surface area contributed by atoms with Crippen LogP contribution in [-0.2, 0) is 4.79 Å². The van der Waals surface area contributed by atoms with Crippen LogP contribution in [0.2, 0.25) is 0 Å². The third-order valence-corrected chi connectivity index (χ3v) is 5.32. The maximum atomic E-state index is 12.4. The second kappa shape index (κ2) is 6.40. The quantitative estimate of drug-likeness (QED) is 0.772. The van der Waals surface area contributed by atoms with Crippen LogP contribution in [0.3, 0.4) is 0 Å². The predicted octanol–water partition coefficient (Wildman–Crippen LogP) is 2.05. The summed E-state index contributed by atoms with van der Waals surface area (Å²) >= 11 is 1.46. The molecule has 1 amide bonds. The zero-order chi connectivity index (χ0) is 17.4. The molecule has 130 valence electrons. The van der Waals surface area contributed by atoms with E-state index in [9.17, 15) is 4.79 Å². The van der Waals surface area contributed by atoms with Gasteiger partial charge in [0.25, 0.3) is 0 Å². The van der Waals surface area contributed by atoms with Gasteiger partial charge in [0.2, 0.25) is 5.91 Å². The van der Waals surface area contributed by atoms with E-state index in [1.807, 2.05) is 31.4 Å². The lowest BCUT2D eigenvalue weighted by atomic mass is 9.96. The molecule has 0 radical (unpaired) electrons. The molecular formula is C16H19N7OS. The number of piperidine rings is 1. The Balaban J connectivity index is 1.40. The molecule has 1 saturated heterocycles. The van der Waals surface area contributed by atoms with Crippen molar-refractivity contribution < 1.29 is 4.79 Å². The van der Waals surface area contributed by atoms with Crippen LogP contribution in [0.5, 0.6) is 0 Å². The molecule has 0 aromatic carbocycles. The van der Waals surface area contributed by atoms with E-state index in [4.69, 9.17) is 0 Å². The average molecular weight is 357 g/mol. The van der Waals surface area contributed by atoms with Gasteiger partial charge in [-0.1, -0.05) is 0 Å². The summed E-state index contributed by atoms with van der Waals surface area (Å²) in [6, 6.07) is 3.88. The summed E-state index contributed by atoms with van der Waals surface area (Å²) in [5, 5.41) is 18.2. The van der Waals surface area contributed by atoms with Gasteiger partial charge in [0.1, 0.15) is 5.82 Å².